The van der Waals surface area contributed by atoms with Crippen molar-refractivity contribution >= 4 is 23.1 Å². The van der Waals surface area contributed by atoms with E-state index >= 15 is 0 Å². The molecule has 0 saturated heterocycles. The second-order valence-corrected chi connectivity index (χ2v) is 5.30. The van der Waals surface area contributed by atoms with Crippen LogP contribution in [0.15, 0.2) is 36.5 Å². The van der Waals surface area contributed by atoms with Gasteiger partial charge in [0.05, 0.1) is 11.1 Å². The van der Waals surface area contributed by atoms with Crippen LogP contribution in [0.5, 0.6) is 0 Å². The maximum atomic E-state index is 13.0. The quantitative estimate of drug-likeness (QED) is 0.896. The Balaban J connectivity index is 2.30. The Labute approximate surface area is 137 Å². The standard InChI is InChI=1S/C16H17F3N4O/c1-20-14-5-4-10(9-21-14)15(24)22-12-6-11(16(17,18)19)7-13(8-12)23(2)3/h4-9H,1-3H3,(H,20,21)(H,22,24). The maximum Gasteiger partial charge on any atom is 0.416 e. The molecule has 5 nitrogen and oxygen atoms in total. The molecule has 2 rings (SSSR count). The van der Waals surface area contributed by atoms with Crippen LogP contribution in [0.2, 0.25) is 0 Å². The highest BCUT2D eigenvalue weighted by atomic mass is 19.4. The molecule has 0 fully saturated rings. The number of carbonyl (C=O) groups excluding carboxylic acids is 1. The van der Waals surface area contributed by atoms with Crippen LogP contribution in [0.3, 0.4) is 0 Å². The van der Waals surface area contributed by atoms with Crippen molar-refractivity contribution in [1.82, 2.24) is 4.98 Å². The van der Waals surface area contributed by atoms with E-state index in [1.165, 1.54) is 23.2 Å². The van der Waals surface area contributed by atoms with Gasteiger partial charge in [0.15, 0.2) is 0 Å². The number of pyridine rings is 1. The third-order valence-corrected chi connectivity index (χ3v) is 3.30. The Morgan fingerprint density at radius 3 is 2.38 bits per heavy atom. The van der Waals surface area contributed by atoms with Crippen molar-refractivity contribution in [2.75, 3.05) is 36.7 Å². The van der Waals surface area contributed by atoms with Gasteiger partial charge >= 0.3 is 6.18 Å². The van der Waals surface area contributed by atoms with Crippen molar-refractivity contribution in [2.45, 2.75) is 6.18 Å². The molecule has 1 amide bonds. The molecule has 24 heavy (non-hydrogen) atoms. The molecule has 0 atom stereocenters. The number of amides is 1. The van der Waals surface area contributed by atoms with Gasteiger partial charge in [0.25, 0.3) is 5.91 Å². The van der Waals surface area contributed by atoms with E-state index < -0.39 is 17.6 Å². The number of aromatic nitrogens is 1. The zero-order chi connectivity index (χ0) is 17.9. The van der Waals surface area contributed by atoms with Gasteiger partial charge in [0.1, 0.15) is 5.82 Å². The van der Waals surface area contributed by atoms with E-state index in [0.717, 1.165) is 12.1 Å². The summed E-state index contributed by atoms with van der Waals surface area (Å²) in [5.74, 6) is 0.0506. The average molecular weight is 338 g/mol. The number of carbonyl (C=O) groups is 1. The van der Waals surface area contributed by atoms with Crippen molar-refractivity contribution < 1.29 is 18.0 Å². The van der Waals surface area contributed by atoms with Gasteiger partial charge in [-0.25, -0.2) is 4.98 Å². The lowest BCUT2D eigenvalue weighted by molar-refractivity contribution is -0.137. The first kappa shape index (κ1) is 17.6. The Morgan fingerprint density at radius 2 is 1.88 bits per heavy atom. The number of hydrogen-bond acceptors (Lipinski definition) is 4. The van der Waals surface area contributed by atoms with Gasteiger partial charge in [-0.05, 0) is 30.3 Å². The highest BCUT2D eigenvalue weighted by Crippen LogP contribution is 2.34. The van der Waals surface area contributed by atoms with Gasteiger partial charge < -0.3 is 15.5 Å². The molecule has 0 aliphatic carbocycles. The minimum Gasteiger partial charge on any atom is -0.378 e. The fraction of sp³-hybridized carbons (Fsp3) is 0.250. The first-order valence-electron chi connectivity index (χ1n) is 7.05. The number of alkyl halides is 3. The zero-order valence-electron chi connectivity index (χ0n) is 13.4. The summed E-state index contributed by atoms with van der Waals surface area (Å²) < 4.78 is 39.0. The molecule has 1 heterocycles. The Bertz CT molecular complexity index is 727. The third kappa shape index (κ3) is 4.15. The van der Waals surface area contributed by atoms with Crippen LogP contribution in [0.4, 0.5) is 30.4 Å². The van der Waals surface area contributed by atoms with Crippen LogP contribution in [-0.2, 0) is 6.18 Å². The number of benzene rings is 1. The van der Waals surface area contributed by atoms with Crippen LogP contribution in [0.1, 0.15) is 15.9 Å². The second kappa shape index (κ2) is 6.77. The largest absolute Gasteiger partial charge is 0.416 e. The van der Waals surface area contributed by atoms with Crippen molar-refractivity contribution in [3.8, 4) is 0 Å². The van der Waals surface area contributed by atoms with Gasteiger partial charge in [-0.3, -0.25) is 4.79 Å². The molecule has 0 saturated carbocycles. The van der Waals surface area contributed by atoms with Crippen molar-refractivity contribution in [2.24, 2.45) is 0 Å². The van der Waals surface area contributed by atoms with Crippen LogP contribution in [0, 0.1) is 0 Å². The van der Waals surface area contributed by atoms with Gasteiger partial charge in [-0.2, -0.15) is 13.2 Å². The third-order valence-electron chi connectivity index (χ3n) is 3.30. The Morgan fingerprint density at radius 1 is 1.17 bits per heavy atom. The van der Waals surface area contributed by atoms with Gasteiger partial charge in [-0.1, -0.05) is 0 Å². The molecule has 0 aliphatic rings. The van der Waals surface area contributed by atoms with Crippen molar-refractivity contribution in [3.63, 3.8) is 0 Å². The smallest absolute Gasteiger partial charge is 0.378 e. The van der Waals surface area contributed by atoms with E-state index in [2.05, 4.69) is 15.6 Å². The summed E-state index contributed by atoms with van der Waals surface area (Å²) in [6, 6.07) is 6.54. The van der Waals surface area contributed by atoms with Crippen LogP contribution < -0.4 is 15.5 Å². The van der Waals surface area contributed by atoms with Crippen molar-refractivity contribution in [3.05, 3.63) is 47.7 Å². The monoisotopic (exact) mass is 338 g/mol. The molecule has 0 spiro atoms. The normalized spacial score (nSPS) is 11.1. The number of nitrogens with zero attached hydrogens (tertiary/aromatic N) is 2. The van der Waals surface area contributed by atoms with E-state index in [-0.39, 0.29) is 11.3 Å². The number of nitrogens with one attached hydrogen (secondary N) is 2. The van der Waals surface area contributed by atoms with Gasteiger partial charge in [0.2, 0.25) is 0 Å². The highest BCUT2D eigenvalue weighted by Gasteiger charge is 2.31. The molecule has 1 aromatic carbocycles. The second-order valence-electron chi connectivity index (χ2n) is 5.30. The maximum absolute atomic E-state index is 13.0. The van der Waals surface area contributed by atoms with Gasteiger partial charge in [0, 0.05) is 38.7 Å². The van der Waals surface area contributed by atoms with E-state index in [4.69, 9.17) is 0 Å². The molecule has 0 bridgehead atoms. The lowest BCUT2D eigenvalue weighted by Crippen LogP contribution is -2.16. The minimum absolute atomic E-state index is 0.0659. The summed E-state index contributed by atoms with van der Waals surface area (Å²) in [4.78, 5) is 17.7. The van der Waals surface area contributed by atoms with E-state index in [9.17, 15) is 18.0 Å². The number of anilines is 3. The molecule has 0 aliphatic heterocycles. The fourth-order valence-corrected chi connectivity index (χ4v) is 1.98. The summed E-state index contributed by atoms with van der Waals surface area (Å²) in [7, 11) is 4.94. The predicted molar refractivity (Wildman–Crippen MR) is 87.5 cm³/mol. The summed E-state index contributed by atoms with van der Waals surface area (Å²) in [5.41, 5.74) is -0.175. The molecular weight excluding hydrogens is 321 g/mol. The number of rotatable bonds is 4. The Kier molecular flexibility index (Phi) is 4.96. The number of hydrogen-bond donors (Lipinski definition) is 2. The summed E-state index contributed by atoms with van der Waals surface area (Å²) in [5, 5.41) is 5.29. The molecule has 1 aromatic heterocycles. The molecule has 128 valence electrons. The number of halogens is 3. The molecular formula is C16H17F3N4O. The van der Waals surface area contributed by atoms with Crippen LogP contribution in [-0.4, -0.2) is 32.0 Å². The lowest BCUT2D eigenvalue weighted by Gasteiger charge is -2.17. The van der Waals surface area contributed by atoms with Crippen molar-refractivity contribution in [1.29, 1.82) is 0 Å². The molecule has 0 unspecified atom stereocenters. The van der Waals surface area contributed by atoms with E-state index in [1.807, 2.05) is 0 Å². The molecule has 0 radical (unpaired) electrons. The SMILES string of the molecule is CNc1ccc(C(=O)Nc2cc(N(C)C)cc(C(F)(F)F)c2)cn1. The summed E-state index contributed by atoms with van der Waals surface area (Å²) in [6.07, 6.45) is -3.15. The first-order chi connectivity index (χ1) is 11.2. The molecule has 2 N–H and O–H groups in total. The molecule has 2 aromatic rings. The van der Waals surface area contributed by atoms with E-state index in [0.29, 0.717) is 11.5 Å². The highest BCUT2D eigenvalue weighted by molar-refractivity contribution is 6.04. The summed E-state index contributed by atoms with van der Waals surface area (Å²) in [6.45, 7) is 0. The van der Waals surface area contributed by atoms with Crippen LogP contribution >= 0.6 is 0 Å². The fourth-order valence-electron chi connectivity index (χ4n) is 1.98. The van der Waals surface area contributed by atoms with Crippen LogP contribution in [0.25, 0.3) is 0 Å². The minimum atomic E-state index is -4.50. The average Bonchev–Trinajstić information content (AvgIpc) is 2.53. The Hall–Kier alpha value is -2.77. The summed E-state index contributed by atoms with van der Waals surface area (Å²) >= 11 is 0. The molecule has 8 heteroatoms. The zero-order valence-corrected chi connectivity index (χ0v) is 13.4. The first-order valence-corrected chi connectivity index (χ1v) is 7.05. The lowest BCUT2D eigenvalue weighted by atomic mass is 10.1. The van der Waals surface area contributed by atoms with E-state index in [1.54, 1.807) is 27.2 Å². The topological polar surface area (TPSA) is 57.3 Å². The van der Waals surface area contributed by atoms with Gasteiger partial charge in [-0.15, -0.1) is 0 Å². The predicted octanol–water partition coefficient (Wildman–Crippen LogP) is 3.46.